The Morgan fingerprint density at radius 1 is 1.08 bits per heavy atom. The normalized spacial score (nSPS) is 22.4. The van der Waals surface area contributed by atoms with E-state index < -0.39 is 0 Å². The summed E-state index contributed by atoms with van der Waals surface area (Å²) in [7, 11) is 2.23. The predicted molar refractivity (Wildman–Crippen MR) is 105 cm³/mol. The first-order chi connectivity index (χ1) is 11.6. The summed E-state index contributed by atoms with van der Waals surface area (Å²) in [4.78, 5) is 9.36. The highest BCUT2D eigenvalue weighted by Crippen LogP contribution is 2.32. The minimum absolute atomic E-state index is 0.473. The maximum Gasteiger partial charge on any atom is 0.135 e. The molecule has 0 bridgehead atoms. The Bertz CT molecular complexity index is 713. The molecule has 2 saturated heterocycles. The lowest BCUT2D eigenvalue weighted by Gasteiger charge is -2.41. The first kappa shape index (κ1) is 16.5. The van der Waals surface area contributed by atoms with E-state index in [9.17, 15) is 0 Å². The Balaban J connectivity index is 1.47. The minimum Gasteiger partial charge on any atom is -0.383 e. The number of likely N-dealkylation sites (tertiary alicyclic amines) is 2. The summed E-state index contributed by atoms with van der Waals surface area (Å²) in [6.45, 7) is 4.83. The first-order valence-electron chi connectivity index (χ1n) is 8.84. The van der Waals surface area contributed by atoms with Crippen molar-refractivity contribution in [3.63, 3.8) is 0 Å². The minimum atomic E-state index is 0.473. The molecule has 0 radical (unpaired) electrons. The maximum absolute atomic E-state index is 6.05. The van der Waals surface area contributed by atoms with Gasteiger partial charge in [-0.25, -0.2) is 4.98 Å². The number of anilines is 1. The van der Waals surface area contributed by atoms with E-state index in [0.717, 1.165) is 20.6 Å². The van der Waals surface area contributed by atoms with Crippen LogP contribution >= 0.6 is 22.6 Å². The Labute approximate surface area is 156 Å². The van der Waals surface area contributed by atoms with E-state index in [-0.39, 0.29) is 0 Å². The van der Waals surface area contributed by atoms with Gasteiger partial charge in [0.15, 0.2) is 0 Å². The van der Waals surface area contributed by atoms with Gasteiger partial charge in [0.05, 0.1) is 16.9 Å². The Morgan fingerprint density at radius 2 is 1.75 bits per heavy atom. The fourth-order valence-corrected chi connectivity index (χ4v) is 4.99. The molecule has 6 nitrogen and oxygen atoms in total. The SMILES string of the molecule is CN1CCC(N2CCC(n3nc(I)c4c(N)nccc43)CC2)CC1. The van der Waals surface area contributed by atoms with Gasteiger partial charge in [-0.05, 0) is 74.5 Å². The summed E-state index contributed by atoms with van der Waals surface area (Å²) in [5.74, 6) is 0.590. The second kappa shape index (κ2) is 6.76. The molecule has 0 aromatic carbocycles. The topological polar surface area (TPSA) is 63.2 Å². The zero-order valence-electron chi connectivity index (χ0n) is 14.2. The molecule has 0 saturated carbocycles. The molecule has 0 aliphatic carbocycles. The van der Waals surface area contributed by atoms with E-state index in [1.807, 2.05) is 6.07 Å². The number of aromatic nitrogens is 3. The van der Waals surface area contributed by atoms with Crippen molar-refractivity contribution in [2.24, 2.45) is 0 Å². The van der Waals surface area contributed by atoms with E-state index in [1.165, 1.54) is 51.9 Å². The summed E-state index contributed by atoms with van der Waals surface area (Å²) in [5, 5.41) is 5.79. The highest BCUT2D eigenvalue weighted by atomic mass is 127. The molecule has 2 aliphatic rings. The number of rotatable bonds is 2. The van der Waals surface area contributed by atoms with Crippen molar-refractivity contribution in [3.05, 3.63) is 16.0 Å². The lowest BCUT2D eigenvalue weighted by molar-refractivity contribution is 0.0859. The summed E-state index contributed by atoms with van der Waals surface area (Å²) in [5.41, 5.74) is 7.18. The van der Waals surface area contributed by atoms with Crippen LogP contribution in [0.2, 0.25) is 0 Å². The zero-order chi connectivity index (χ0) is 16.7. The van der Waals surface area contributed by atoms with Crippen LogP contribution < -0.4 is 5.73 Å². The molecule has 0 atom stereocenters. The number of nitrogens with two attached hydrogens (primary N) is 1. The standard InChI is InChI=1S/C17H25IN6/c1-22-8-3-12(4-9-22)23-10-5-13(6-11-23)24-14-2-7-20-17(19)15(14)16(18)21-24/h2,7,12-13H,3-6,8-11H2,1H3,(H2,19,20). The fourth-order valence-electron chi connectivity index (χ4n) is 4.20. The van der Waals surface area contributed by atoms with Crippen LogP contribution in [0.1, 0.15) is 31.7 Å². The van der Waals surface area contributed by atoms with Gasteiger partial charge in [0, 0.05) is 25.3 Å². The molecule has 24 heavy (non-hydrogen) atoms. The molecule has 4 rings (SSSR count). The molecule has 2 aromatic heterocycles. The van der Waals surface area contributed by atoms with Crippen molar-refractivity contribution in [3.8, 4) is 0 Å². The Kier molecular flexibility index (Phi) is 4.66. The average molecular weight is 440 g/mol. The number of nitrogen functional groups attached to an aromatic ring is 1. The van der Waals surface area contributed by atoms with Crippen molar-refractivity contribution in [1.29, 1.82) is 0 Å². The monoisotopic (exact) mass is 440 g/mol. The first-order valence-corrected chi connectivity index (χ1v) is 9.92. The van der Waals surface area contributed by atoms with Gasteiger partial charge in [0.2, 0.25) is 0 Å². The van der Waals surface area contributed by atoms with Crippen LogP contribution in [0.4, 0.5) is 5.82 Å². The van der Waals surface area contributed by atoms with Crippen LogP contribution in [0, 0.1) is 3.70 Å². The van der Waals surface area contributed by atoms with Crippen molar-refractivity contribution in [2.75, 3.05) is 39.0 Å². The Hall–Kier alpha value is -0.930. The second-order valence-electron chi connectivity index (χ2n) is 7.13. The average Bonchev–Trinajstić information content (AvgIpc) is 2.94. The molecule has 7 heteroatoms. The summed E-state index contributed by atoms with van der Waals surface area (Å²) >= 11 is 2.27. The lowest BCUT2D eigenvalue weighted by atomic mass is 9.98. The number of fused-ring (bicyclic) bond motifs is 1. The number of pyridine rings is 1. The third kappa shape index (κ3) is 3.01. The third-order valence-corrected chi connectivity index (χ3v) is 6.41. The van der Waals surface area contributed by atoms with Crippen LogP contribution in [0.15, 0.2) is 12.3 Å². The van der Waals surface area contributed by atoms with E-state index in [0.29, 0.717) is 11.9 Å². The summed E-state index contributed by atoms with van der Waals surface area (Å²) < 4.78 is 3.16. The van der Waals surface area contributed by atoms with Crippen LogP contribution in [-0.2, 0) is 0 Å². The summed E-state index contributed by atoms with van der Waals surface area (Å²) in [6.07, 6.45) is 6.75. The lowest BCUT2D eigenvalue weighted by Crippen LogP contribution is -2.47. The van der Waals surface area contributed by atoms with E-state index in [4.69, 9.17) is 10.8 Å². The number of halogens is 1. The van der Waals surface area contributed by atoms with E-state index in [2.05, 4.69) is 49.1 Å². The van der Waals surface area contributed by atoms with Crippen molar-refractivity contribution in [2.45, 2.75) is 37.8 Å². The highest BCUT2D eigenvalue weighted by molar-refractivity contribution is 14.1. The van der Waals surface area contributed by atoms with Gasteiger partial charge in [0.1, 0.15) is 9.52 Å². The van der Waals surface area contributed by atoms with Crippen molar-refractivity contribution < 1.29 is 0 Å². The Morgan fingerprint density at radius 3 is 2.46 bits per heavy atom. The van der Waals surface area contributed by atoms with Crippen LogP contribution in [0.5, 0.6) is 0 Å². The van der Waals surface area contributed by atoms with Crippen LogP contribution in [-0.4, -0.2) is 63.8 Å². The predicted octanol–water partition coefficient (Wildman–Crippen LogP) is 2.35. The van der Waals surface area contributed by atoms with Gasteiger partial charge in [-0.1, -0.05) is 0 Å². The molecule has 0 spiro atoms. The van der Waals surface area contributed by atoms with Gasteiger partial charge in [0.25, 0.3) is 0 Å². The van der Waals surface area contributed by atoms with Gasteiger partial charge in [-0.2, -0.15) is 5.10 Å². The quantitative estimate of drug-likeness (QED) is 0.727. The second-order valence-corrected chi connectivity index (χ2v) is 8.15. The smallest absolute Gasteiger partial charge is 0.135 e. The molecular formula is C17H25IN6. The van der Waals surface area contributed by atoms with Gasteiger partial charge >= 0.3 is 0 Å². The van der Waals surface area contributed by atoms with Crippen molar-refractivity contribution >= 4 is 39.3 Å². The molecule has 2 aliphatic heterocycles. The van der Waals surface area contributed by atoms with Gasteiger partial charge in [-0.3, -0.25) is 4.68 Å². The van der Waals surface area contributed by atoms with Gasteiger partial charge in [-0.15, -0.1) is 0 Å². The number of piperidine rings is 2. The zero-order valence-corrected chi connectivity index (χ0v) is 16.3. The largest absolute Gasteiger partial charge is 0.383 e. The number of hydrogen-bond donors (Lipinski definition) is 1. The van der Waals surface area contributed by atoms with E-state index >= 15 is 0 Å². The molecule has 0 unspecified atom stereocenters. The summed E-state index contributed by atoms with van der Waals surface area (Å²) in [6, 6.07) is 3.29. The maximum atomic E-state index is 6.05. The molecule has 2 aromatic rings. The molecule has 0 amide bonds. The molecule has 4 heterocycles. The molecule has 130 valence electrons. The fraction of sp³-hybridized carbons (Fsp3) is 0.647. The molecular weight excluding hydrogens is 415 g/mol. The van der Waals surface area contributed by atoms with Crippen molar-refractivity contribution in [1.82, 2.24) is 24.6 Å². The van der Waals surface area contributed by atoms with Gasteiger partial charge < -0.3 is 15.5 Å². The number of hydrogen-bond acceptors (Lipinski definition) is 5. The molecule has 2 fully saturated rings. The molecule has 2 N–H and O–H groups in total. The van der Waals surface area contributed by atoms with Crippen LogP contribution in [0.3, 0.4) is 0 Å². The number of nitrogens with zero attached hydrogens (tertiary/aromatic N) is 5. The third-order valence-electron chi connectivity index (χ3n) is 5.66. The highest BCUT2D eigenvalue weighted by Gasteiger charge is 2.29. The van der Waals surface area contributed by atoms with E-state index in [1.54, 1.807) is 6.20 Å². The van der Waals surface area contributed by atoms with Crippen LogP contribution in [0.25, 0.3) is 10.9 Å².